The van der Waals surface area contributed by atoms with Crippen LogP contribution in [-0.2, 0) is 5.75 Å². The standard InChI is InChI=1S/C13H12N6OS2/c20-11(16-10-6-14-15-7-10)17-12-18-19-13(22-12)21-8-9-4-2-1-3-5-9/h1-7H,8H2,(H,14,15)(H2,16,17,18,20). The molecule has 22 heavy (non-hydrogen) atoms. The number of H-pyrrole nitrogens is 1. The lowest BCUT2D eigenvalue weighted by Crippen LogP contribution is -2.18. The number of carbonyl (C=O) groups is 1. The van der Waals surface area contributed by atoms with Gasteiger partial charge in [0.25, 0.3) is 0 Å². The van der Waals surface area contributed by atoms with Crippen LogP contribution in [0.3, 0.4) is 0 Å². The highest BCUT2D eigenvalue weighted by Crippen LogP contribution is 2.28. The minimum absolute atomic E-state index is 0.378. The maximum absolute atomic E-state index is 11.7. The number of urea groups is 1. The van der Waals surface area contributed by atoms with Crippen molar-refractivity contribution in [2.45, 2.75) is 10.1 Å². The van der Waals surface area contributed by atoms with Crippen molar-refractivity contribution >= 4 is 39.9 Å². The topological polar surface area (TPSA) is 95.6 Å². The highest BCUT2D eigenvalue weighted by atomic mass is 32.2. The molecule has 0 aliphatic carbocycles. The summed E-state index contributed by atoms with van der Waals surface area (Å²) < 4.78 is 0.808. The Labute approximate surface area is 134 Å². The van der Waals surface area contributed by atoms with Gasteiger partial charge in [0.1, 0.15) is 0 Å². The molecule has 0 atom stereocenters. The molecule has 2 amide bonds. The van der Waals surface area contributed by atoms with Crippen molar-refractivity contribution in [3.05, 3.63) is 48.3 Å². The molecule has 3 rings (SSSR count). The molecule has 112 valence electrons. The summed E-state index contributed by atoms with van der Waals surface area (Å²) in [5.41, 5.74) is 1.80. The van der Waals surface area contributed by atoms with E-state index < -0.39 is 0 Å². The Balaban J connectivity index is 1.51. The minimum Gasteiger partial charge on any atom is -0.305 e. The Kier molecular flexibility index (Phi) is 4.66. The van der Waals surface area contributed by atoms with E-state index in [1.165, 1.54) is 23.1 Å². The molecule has 3 aromatic rings. The van der Waals surface area contributed by atoms with E-state index in [0.29, 0.717) is 10.8 Å². The molecule has 0 fully saturated rings. The van der Waals surface area contributed by atoms with Gasteiger partial charge in [-0.3, -0.25) is 10.4 Å². The number of hydrogen-bond acceptors (Lipinski definition) is 6. The molecule has 0 aliphatic rings. The van der Waals surface area contributed by atoms with Crippen LogP contribution in [0.25, 0.3) is 0 Å². The largest absolute Gasteiger partial charge is 0.325 e. The number of aromatic nitrogens is 4. The van der Waals surface area contributed by atoms with Crippen LogP contribution in [0, 0.1) is 0 Å². The van der Waals surface area contributed by atoms with Gasteiger partial charge in [-0.15, -0.1) is 10.2 Å². The number of carbonyl (C=O) groups excluding carboxylic acids is 1. The monoisotopic (exact) mass is 332 g/mol. The summed E-state index contributed by atoms with van der Waals surface area (Å²) in [5, 5.41) is 20.1. The molecule has 7 nitrogen and oxygen atoms in total. The summed E-state index contributed by atoms with van der Waals surface area (Å²) in [7, 11) is 0. The number of aromatic amines is 1. The average molecular weight is 332 g/mol. The Morgan fingerprint density at radius 3 is 2.86 bits per heavy atom. The van der Waals surface area contributed by atoms with Gasteiger partial charge in [-0.2, -0.15) is 5.10 Å². The van der Waals surface area contributed by atoms with Crippen LogP contribution < -0.4 is 10.6 Å². The highest BCUT2D eigenvalue weighted by molar-refractivity contribution is 8.00. The second kappa shape index (κ2) is 7.05. The predicted octanol–water partition coefficient (Wildman–Crippen LogP) is 3.20. The fourth-order valence-corrected chi connectivity index (χ4v) is 3.32. The second-order valence-electron chi connectivity index (χ2n) is 4.21. The molecule has 1 aromatic carbocycles. The third-order valence-corrected chi connectivity index (χ3v) is 4.63. The van der Waals surface area contributed by atoms with Gasteiger partial charge in [0, 0.05) is 11.9 Å². The first-order chi connectivity index (χ1) is 10.8. The van der Waals surface area contributed by atoms with Gasteiger partial charge in [0.15, 0.2) is 4.34 Å². The minimum atomic E-state index is -0.378. The molecular weight excluding hydrogens is 320 g/mol. The quantitative estimate of drug-likeness (QED) is 0.492. The van der Waals surface area contributed by atoms with Gasteiger partial charge in [0.05, 0.1) is 11.9 Å². The molecule has 0 radical (unpaired) electrons. The van der Waals surface area contributed by atoms with Crippen molar-refractivity contribution in [2.24, 2.45) is 0 Å². The zero-order chi connectivity index (χ0) is 15.2. The molecule has 0 aliphatic heterocycles. The van der Waals surface area contributed by atoms with E-state index in [0.717, 1.165) is 10.1 Å². The first kappa shape index (κ1) is 14.5. The molecule has 0 bridgehead atoms. The number of nitrogens with zero attached hydrogens (tertiary/aromatic N) is 3. The van der Waals surface area contributed by atoms with Crippen molar-refractivity contribution < 1.29 is 4.79 Å². The second-order valence-corrected chi connectivity index (χ2v) is 6.41. The maximum atomic E-state index is 11.7. The SMILES string of the molecule is O=C(Nc1cn[nH]c1)Nc1nnc(SCc2ccccc2)s1. The van der Waals surface area contributed by atoms with Gasteiger partial charge in [-0.1, -0.05) is 53.4 Å². The van der Waals surface area contributed by atoms with Gasteiger partial charge >= 0.3 is 6.03 Å². The fourth-order valence-electron chi connectivity index (χ4n) is 1.62. The number of hydrogen-bond donors (Lipinski definition) is 3. The molecular formula is C13H12N6OS2. The molecule has 0 unspecified atom stereocenters. The Hall–Kier alpha value is -2.39. The van der Waals surface area contributed by atoms with Crippen LogP contribution in [0.1, 0.15) is 5.56 Å². The summed E-state index contributed by atoms with van der Waals surface area (Å²) in [4.78, 5) is 11.7. The molecule has 0 saturated heterocycles. The summed E-state index contributed by atoms with van der Waals surface area (Å²) in [6.07, 6.45) is 3.10. The lowest BCUT2D eigenvalue weighted by molar-refractivity contribution is 0.262. The molecule has 2 heterocycles. The van der Waals surface area contributed by atoms with Gasteiger partial charge < -0.3 is 5.32 Å². The number of rotatable bonds is 5. The van der Waals surface area contributed by atoms with Gasteiger partial charge in [0.2, 0.25) is 5.13 Å². The molecule has 0 spiro atoms. The van der Waals surface area contributed by atoms with Crippen molar-refractivity contribution in [2.75, 3.05) is 10.6 Å². The van der Waals surface area contributed by atoms with Crippen LogP contribution in [0.2, 0.25) is 0 Å². The normalized spacial score (nSPS) is 10.4. The lowest BCUT2D eigenvalue weighted by Gasteiger charge is -2.00. The first-order valence-corrected chi connectivity index (χ1v) is 8.17. The summed E-state index contributed by atoms with van der Waals surface area (Å²) >= 11 is 2.92. The van der Waals surface area contributed by atoms with Crippen LogP contribution >= 0.6 is 23.1 Å². The average Bonchev–Trinajstić information content (AvgIpc) is 3.18. The summed E-state index contributed by atoms with van der Waals surface area (Å²) in [5.74, 6) is 0.816. The third kappa shape index (κ3) is 4.06. The zero-order valence-electron chi connectivity index (χ0n) is 11.3. The van der Waals surface area contributed by atoms with Crippen LogP contribution in [0.4, 0.5) is 15.6 Å². The Morgan fingerprint density at radius 1 is 1.23 bits per heavy atom. The van der Waals surface area contributed by atoms with Crippen LogP contribution in [-0.4, -0.2) is 26.4 Å². The van der Waals surface area contributed by atoms with Crippen molar-refractivity contribution in [1.29, 1.82) is 0 Å². The molecule has 2 aromatic heterocycles. The molecule has 9 heteroatoms. The fraction of sp³-hybridized carbons (Fsp3) is 0.0769. The van der Waals surface area contributed by atoms with E-state index in [1.54, 1.807) is 18.0 Å². The number of amides is 2. The van der Waals surface area contributed by atoms with E-state index in [1.807, 2.05) is 18.2 Å². The molecule has 3 N–H and O–H groups in total. The number of thioether (sulfide) groups is 1. The highest BCUT2D eigenvalue weighted by Gasteiger charge is 2.09. The van der Waals surface area contributed by atoms with Crippen LogP contribution in [0.15, 0.2) is 47.1 Å². The Bertz CT molecular complexity index is 728. The number of benzene rings is 1. The van der Waals surface area contributed by atoms with Crippen molar-refractivity contribution in [3.8, 4) is 0 Å². The van der Waals surface area contributed by atoms with E-state index >= 15 is 0 Å². The van der Waals surface area contributed by atoms with Gasteiger partial charge in [-0.25, -0.2) is 4.79 Å². The predicted molar refractivity (Wildman–Crippen MR) is 87.1 cm³/mol. The summed E-state index contributed by atoms with van der Waals surface area (Å²) in [6.45, 7) is 0. The summed E-state index contributed by atoms with van der Waals surface area (Å²) in [6, 6.07) is 9.74. The van der Waals surface area contributed by atoms with Crippen molar-refractivity contribution in [3.63, 3.8) is 0 Å². The van der Waals surface area contributed by atoms with Crippen molar-refractivity contribution in [1.82, 2.24) is 20.4 Å². The maximum Gasteiger partial charge on any atom is 0.325 e. The lowest BCUT2D eigenvalue weighted by atomic mass is 10.2. The number of anilines is 2. The van der Waals surface area contributed by atoms with Gasteiger partial charge in [-0.05, 0) is 5.56 Å². The number of nitrogens with one attached hydrogen (secondary N) is 3. The first-order valence-electron chi connectivity index (χ1n) is 6.36. The van der Waals surface area contributed by atoms with E-state index in [9.17, 15) is 4.79 Å². The molecule has 0 saturated carbocycles. The van der Waals surface area contributed by atoms with Crippen LogP contribution in [0.5, 0.6) is 0 Å². The van der Waals surface area contributed by atoms with E-state index in [2.05, 4.69) is 43.2 Å². The zero-order valence-corrected chi connectivity index (χ0v) is 12.9. The van der Waals surface area contributed by atoms with E-state index in [-0.39, 0.29) is 6.03 Å². The van der Waals surface area contributed by atoms with E-state index in [4.69, 9.17) is 0 Å². The third-order valence-electron chi connectivity index (χ3n) is 2.59. The smallest absolute Gasteiger partial charge is 0.305 e. The Morgan fingerprint density at radius 2 is 2.09 bits per heavy atom.